The van der Waals surface area contributed by atoms with Crippen molar-refractivity contribution in [3.63, 3.8) is 0 Å². The minimum Gasteiger partial charge on any atom is -0.493 e. The molecule has 1 amide bonds. The standard InChI is InChI=1S/C20H22ClFN6O2.ClH/c1-4-30-18-12(6-13(21)17(22)16(18)11-5-14(29)24-7-11)10(3)28-20-15(9(2)27-28)19(23)25-8-26-20;/h6,8,10-11H,4-5,7H2,1-3H3,(H,24,29)(H2,23,25,26);1H/t10-,11-;/m0./s1. The predicted octanol–water partition coefficient (Wildman–Crippen LogP) is 3.54. The van der Waals surface area contributed by atoms with E-state index in [2.05, 4.69) is 20.4 Å². The van der Waals surface area contributed by atoms with Gasteiger partial charge in [-0.25, -0.2) is 19.0 Å². The number of carbonyl (C=O) groups excluding carboxylic acids is 1. The SMILES string of the molecule is CCOc1c([C@H](C)n2nc(C)c3c(N)ncnc32)cc(Cl)c(F)c1[C@@H]1CNC(=O)C1.Cl. The van der Waals surface area contributed by atoms with E-state index in [1.807, 2.05) is 20.8 Å². The highest BCUT2D eigenvalue weighted by Gasteiger charge is 2.33. The number of rotatable bonds is 5. The van der Waals surface area contributed by atoms with Crippen molar-refractivity contribution >= 4 is 46.8 Å². The van der Waals surface area contributed by atoms with Crippen LogP contribution >= 0.6 is 24.0 Å². The number of amides is 1. The minimum atomic E-state index is -0.564. The van der Waals surface area contributed by atoms with Gasteiger partial charge in [0.05, 0.1) is 28.8 Å². The number of halogens is 3. The largest absolute Gasteiger partial charge is 0.493 e. The summed E-state index contributed by atoms with van der Waals surface area (Å²) in [4.78, 5) is 20.1. The zero-order chi connectivity index (χ0) is 21.6. The molecule has 0 aliphatic carbocycles. The minimum absolute atomic E-state index is 0. The van der Waals surface area contributed by atoms with Crippen LogP contribution in [-0.2, 0) is 4.79 Å². The lowest BCUT2D eigenvalue weighted by molar-refractivity contribution is -0.119. The van der Waals surface area contributed by atoms with E-state index in [-0.39, 0.29) is 41.7 Å². The molecule has 11 heteroatoms. The van der Waals surface area contributed by atoms with Crippen molar-refractivity contribution in [2.75, 3.05) is 18.9 Å². The molecule has 3 N–H and O–H groups in total. The maximum absolute atomic E-state index is 15.1. The highest BCUT2D eigenvalue weighted by Crippen LogP contribution is 2.43. The van der Waals surface area contributed by atoms with Gasteiger partial charge in [0.15, 0.2) is 5.65 Å². The van der Waals surface area contributed by atoms with E-state index in [1.54, 1.807) is 10.7 Å². The molecule has 0 spiro atoms. The number of ether oxygens (including phenoxy) is 1. The first-order chi connectivity index (χ1) is 14.3. The first-order valence-electron chi connectivity index (χ1n) is 9.70. The Bertz CT molecular complexity index is 1150. The molecule has 3 heterocycles. The second-order valence-corrected chi connectivity index (χ2v) is 7.71. The number of nitrogens with one attached hydrogen (secondary N) is 1. The van der Waals surface area contributed by atoms with Crippen LogP contribution in [0.5, 0.6) is 5.75 Å². The molecule has 1 aromatic carbocycles. The first kappa shape index (κ1) is 23.0. The second-order valence-electron chi connectivity index (χ2n) is 7.31. The van der Waals surface area contributed by atoms with Crippen molar-refractivity contribution in [2.24, 2.45) is 0 Å². The fourth-order valence-electron chi connectivity index (χ4n) is 4.01. The Morgan fingerprint density at radius 2 is 2.19 bits per heavy atom. The second kappa shape index (κ2) is 8.84. The maximum Gasteiger partial charge on any atom is 0.220 e. The third kappa shape index (κ3) is 3.87. The molecule has 8 nitrogen and oxygen atoms in total. The first-order valence-corrected chi connectivity index (χ1v) is 10.1. The summed E-state index contributed by atoms with van der Waals surface area (Å²) in [6, 6.07) is 1.16. The summed E-state index contributed by atoms with van der Waals surface area (Å²) < 4.78 is 22.7. The third-order valence-electron chi connectivity index (χ3n) is 5.42. The number of nitrogens with two attached hydrogens (primary N) is 1. The van der Waals surface area contributed by atoms with E-state index < -0.39 is 5.82 Å². The van der Waals surface area contributed by atoms with Gasteiger partial charge in [0, 0.05) is 30.0 Å². The average molecular weight is 469 g/mol. The number of aryl methyl sites for hydroxylation is 1. The van der Waals surface area contributed by atoms with Crippen molar-refractivity contribution in [1.29, 1.82) is 0 Å². The van der Waals surface area contributed by atoms with Crippen molar-refractivity contribution < 1.29 is 13.9 Å². The molecular weight excluding hydrogens is 446 g/mol. The van der Waals surface area contributed by atoms with Gasteiger partial charge in [-0.05, 0) is 26.8 Å². The zero-order valence-electron chi connectivity index (χ0n) is 17.3. The summed E-state index contributed by atoms with van der Waals surface area (Å²) in [5, 5.41) is 7.98. The Hall–Kier alpha value is -2.65. The van der Waals surface area contributed by atoms with Crippen molar-refractivity contribution in [1.82, 2.24) is 25.1 Å². The van der Waals surface area contributed by atoms with E-state index in [0.717, 1.165) is 0 Å². The fourth-order valence-corrected chi connectivity index (χ4v) is 4.23. The van der Waals surface area contributed by atoms with Gasteiger partial charge in [0.25, 0.3) is 0 Å². The highest BCUT2D eigenvalue weighted by molar-refractivity contribution is 6.31. The van der Waals surface area contributed by atoms with Crippen LogP contribution in [0.3, 0.4) is 0 Å². The van der Waals surface area contributed by atoms with Crippen molar-refractivity contribution in [3.05, 3.63) is 40.1 Å². The molecule has 1 aliphatic rings. The van der Waals surface area contributed by atoms with Crippen LogP contribution in [0.15, 0.2) is 12.4 Å². The topological polar surface area (TPSA) is 108 Å². The van der Waals surface area contributed by atoms with E-state index in [0.29, 0.717) is 52.6 Å². The van der Waals surface area contributed by atoms with Gasteiger partial charge in [-0.1, -0.05) is 11.6 Å². The molecule has 0 saturated carbocycles. The molecule has 3 aromatic rings. The number of fused-ring (bicyclic) bond motifs is 1. The molecule has 31 heavy (non-hydrogen) atoms. The van der Waals surface area contributed by atoms with Crippen LogP contribution in [0.4, 0.5) is 10.2 Å². The fraction of sp³-hybridized carbons (Fsp3) is 0.400. The Labute approximate surface area is 189 Å². The summed E-state index contributed by atoms with van der Waals surface area (Å²) in [7, 11) is 0. The molecule has 2 atom stereocenters. The molecule has 1 saturated heterocycles. The smallest absolute Gasteiger partial charge is 0.220 e. The molecule has 166 valence electrons. The number of nitrogens with zero attached hydrogens (tertiary/aromatic N) is 4. The number of hydrogen-bond acceptors (Lipinski definition) is 6. The number of benzene rings is 1. The number of anilines is 1. The van der Waals surface area contributed by atoms with Gasteiger partial charge in [0.1, 0.15) is 23.7 Å². The van der Waals surface area contributed by atoms with Crippen molar-refractivity contribution in [2.45, 2.75) is 39.2 Å². The molecule has 2 aromatic heterocycles. The normalized spacial score (nSPS) is 16.8. The van der Waals surface area contributed by atoms with Gasteiger partial charge >= 0.3 is 0 Å². The molecule has 0 unspecified atom stereocenters. The average Bonchev–Trinajstić information content (AvgIpc) is 3.28. The number of hydrogen-bond donors (Lipinski definition) is 2. The van der Waals surface area contributed by atoms with Crippen molar-refractivity contribution in [3.8, 4) is 5.75 Å². The highest BCUT2D eigenvalue weighted by atomic mass is 35.5. The number of aromatic nitrogens is 4. The van der Waals surface area contributed by atoms with E-state index in [1.165, 1.54) is 6.33 Å². The lowest BCUT2D eigenvalue weighted by Gasteiger charge is -2.23. The zero-order valence-corrected chi connectivity index (χ0v) is 18.9. The van der Waals surface area contributed by atoms with Crippen LogP contribution < -0.4 is 15.8 Å². The molecule has 1 fully saturated rings. The molecular formula is C20H23Cl2FN6O2. The van der Waals surface area contributed by atoms with Crippen LogP contribution in [0.1, 0.15) is 49.0 Å². The van der Waals surface area contributed by atoms with Crippen LogP contribution in [0.25, 0.3) is 11.0 Å². The van der Waals surface area contributed by atoms with Gasteiger partial charge in [-0.15, -0.1) is 12.4 Å². The molecule has 0 bridgehead atoms. The Morgan fingerprint density at radius 3 is 2.84 bits per heavy atom. The van der Waals surface area contributed by atoms with Gasteiger partial charge < -0.3 is 15.8 Å². The number of nitrogen functional groups attached to an aromatic ring is 1. The predicted molar refractivity (Wildman–Crippen MR) is 118 cm³/mol. The number of carbonyl (C=O) groups is 1. The van der Waals surface area contributed by atoms with Gasteiger partial charge in [0.2, 0.25) is 5.91 Å². The monoisotopic (exact) mass is 468 g/mol. The lowest BCUT2D eigenvalue weighted by Crippen LogP contribution is -2.16. The summed E-state index contributed by atoms with van der Waals surface area (Å²) >= 11 is 6.27. The van der Waals surface area contributed by atoms with E-state index >= 15 is 4.39 Å². The van der Waals surface area contributed by atoms with Gasteiger partial charge in [-0.3, -0.25) is 4.79 Å². The van der Waals surface area contributed by atoms with Crippen LogP contribution in [0.2, 0.25) is 5.02 Å². The molecule has 0 radical (unpaired) electrons. The lowest BCUT2D eigenvalue weighted by atomic mass is 9.92. The Morgan fingerprint density at radius 1 is 1.45 bits per heavy atom. The summed E-state index contributed by atoms with van der Waals surface area (Å²) in [6.07, 6.45) is 1.56. The van der Waals surface area contributed by atoms with Crippen LogP contribution in [0, 0.1) is 12.7 Å². The molecule has 4 rings (SSSR count). The maximum atomic E-state index is 15.1. The Kier molecular flexibility index (Phi) is 6.56. The third-order valence-corrected chi connectivity index (χ3v) is 5.69. The summed E-state index contributed by atoms with van der Waals surface area (Å²) in [5.74, 6) is -0.327. The summed E-state index contributed by atoms with van der Waals surface area (Å²) in [6.45, 7) is 6.21. The van der Waals surface area contributed by atoms with E-state index in [9.17, 15) is 4.79 Å². The van der Waals surface area contributed by atoms with E-state index in [4.69, 9.17) is 22.1 Å². The summed E-state index contributed by atoms with van der Waals surface area (Å²) in [5.41, 5.74) is 8.23. The van der Waals surface area contributed by atoms with Gasteiger partial charge in [-0.2, -0.15) is 5.10 Å². The Balaban J connectivity index is 0.00000272. The molecule has 1 aliphatic heterocycles. The quantitative estimate of drug-likeness (QED) is 0.592. The van der Waals surface area contributed by atoms with Crippen LogP contribution in [-0.4, -0.2) is 38.8 Å².